The summed E-state index contributed by atoms with van der Waals surface area (Å²) in [5, 5.41) is 0.172. The highest BCUT2D eigenvalue weighted by molar-refractivity contribution is 9.10. The minimum atomic E-state index is 0.172. The van der Waals surface area contributed by atoms with E-state index in [1.54, 1.807) is 13.1 Å². The largest absolute Gasteiger partial charge is 0.288 e. The van der Waals surface area contributed by atoms with E-state index in [1.165, 1.54) is 11.8 Å². The van der Waals surface area contributed by atoms with Crippen LogP contribution in [-0.4, -0.2) is 15.9 Å². The molecule has 2 nitrogen and oxygen atoms in total. The zero-order valence-electron chi connectivity index (χ0n) is 8.44. The van der Waals surface area contributed by atoms with Crippen molar-refractivity contribution in [2.24, 2.45) is 0 Å². The lowest BCUT2D eigenvalue weighted by molar-refractivity contribution is -0.109. The summed E-state index contributed by atoms with van der Waals surface area (Å²) < 4.78 is 0.848. The molecular weight excluding hydrogens is 274 g/mol. The first-order valence-electron chi connectivity index (χ1n) is 4.60. The Hall–Kier alpha value is -0.610. The first-order valence-corrected chi connectivity index (χ1v) is 6.38. The van der Waals surface area contributed by atoms with Gasteiger partial charge in [0.2, 0.25) is 0 Å². The molecular formula is C11H12BrNOS. The number of carbonyl (C=O) groups is 1. The van der Waals surface area contributed by atoms with E-state index in [-0.39, 0.29) is 5.12 Å². The molecule has 1 aromatic rings. The Kier molecular flexibility index (Phi) is 5.65. The van der Waals surface area contributed by atoms with Crippen molar-refractivity contribution in [3.63, 3.8) is 0 Å². The number of thioether (sulfide) groups is 1. The van der Waals surface area contributed by atoms with Crippen LogP contribution >= 0.6 is 27.7 Å². The van der Waals surface area contributed by atoms with Crippen LogP contribution in [0.3, 0.4) is 0 Å². The Morgan fingerprint density at radius 3 is 3.13 bits per heavy atom. The maximum atomic E-state index is 10.7. The van der Waals surface area contributed by atoms with E-state index in [2.05, 4.69) is 27.0 Å². The second-order valence-corrected chi connectivity index (χ2v) is 4.94. The minimum absolute atomic E-state index is 0.172. The number of carbonyl (C=O) groups excluding carboxylic acids is 1. The molecule has 0 atom stereocenters. The Bertz CT molecular complexity index is 365. The molecule has 1 rings (SSSR count). The Morgan fingerprint density at radius 2 is 2.47 bits per heavy atom. The number of hydrogen-bond donors (Lipinski definition) is 0. The third-order valence-electron chi connectivity index (χ3n) is 1.68. The van der Waals surface area contributed by atoms with Crippen LogP contribution in [0, 0.1) is 0 Å². The van der Waals surface area contributed by atoms with Crippen molar-refractivity contribution in [2.45, 2.75) is 13.3 Å². The van der Waals surface area contributed by atoms with Crippen molar-refractivity contribution in [1.29, 1.82) is 0 Å². The van der Waals surface area contributed by atoms with Crippen LogP contribution < -0.4 is 0 Å². The molecule has 0 fully saturated rings. The zero-order chi connectivity index (χ0) is 11.1. The molecule has 0 saturated heterocycles. The Balaban J connectivity index is 2.38. The monoisotopic (exact) mass is 285 g/mol. The summed E-state index contributed by atoms with van der Waals surface area (Å²) in [6.45, 7) is 1.59. The van der Waals surface area contributed by atoms with Crippen molar-refractivity contribution in [3.8, 4) is 0 Å². The van der Waals surface area contributed by atoms with Crippen molar-refractivity contribution >= 4 is 38.9 Å². The summed E-state index contributed by atoms with van der Waals surface area (Å²) in [6.07, 6.45) is 6.70. The van der Waals surface area contributed by atoms with Crippen LogP contribution in [0.15, 0.2) is 29.0 Å². The number of halogens is 1. The number of rotatable bonds is 4. The molecule has 0 unspecified atom stereocenters. The van der Waals surface area contributed by atoms with Gasteiger partial charge in [0.1, 0.15) is 4.60 Å². The normalized spacial score (nSPS) is 10.8. The minimum Gasteiger partial charge on any atom is -0.288 e. The predicted octanol–water partition coefficient (Wildman–Crippen LogP) is 3.53. The number of nitrogens with zero attached hydrogens (tertiary/aromatic N) is 1. The van der Waals surface area contributed by atoms with Crippen molar-refractivity contribution < 1.29 is 4.79 Å². The molecule has 4 heteroatoms. The van der Waals surface area contributed by atoms with E-state index in [1.807, 2.05) is 18.2 Å². The van der Waals surface area contributed by atoms with Gasteiger partial charge in [0, 0.05) is 24.4 Å². The van der Waals surface area contributed by atoms with E-state index in [9.17, 15) is 4.79 Å². The van der Waals surface area contributed by atoms with Crippen LogP contribution in [0.5, 0.6) is 0 Å². The lowest BCUT2D eigenvalue weighted by Gasteiger charge is -1.95. The smallest absolute Gasteiger partial charge is 0.185 e. The predicted molar refractivity (Wildman–Crippen MR) is 68.7 cm³/mol. The van der Waals surface area contributed by atoms with Gasteiger partial charge in [-0.15, -0.1) is 0 Å². The van der Waals surface area contributed by atoms with Gasteiger partial charge in [-0.3, -0.25) is 4.79 Å². The standard InChI is InChI=1S/C11H12BrNOS/c1-9(14)15-8-3-2-5-10-6-4-7-13-11(10)12/h2,4-7H,3,8H2,1H3. The van der Waals surface area contributed by atoms with Crippen LogP contribution in [0.2, 0.25) is 0 Å². The quantitative estimate of drug-likeness (QED) is 0.626. The lowest BCUT2D eigenvalue weighted by atomic mass is 10.2. The van der Waals surface area contributed by atoms with E-state index in [4.69, 9.17) is 0 Å². The molecule has 80 valence electrons. The summed E-state index contributed by atoms with van der Waals surface area (Å²) in [5.74, 6) is 0.837. The third-order valence-corrected chi connectivity index (χ3v) is 3.18. The number of hydrogen-bond acceptors (Lipinski definition) is 3. The average Bonchev–Trinajstić information content (AvgIpc) is 2.20. The number of aromatic nitrogens is 1. The topological polar surface area (TPSA) is 30.0 Å². The molecule has 0 aliphatic carbocycles. The van der Waals surface area contributed by atoms with E-state index >= 15 is 0 Å². The zero-order valence-corrected chi connectivity index (χ0v) is 10.8. The van der Waals surface area contributed by atoms with Crippen molar-refractivity contribution in [1.82, 2.24) is 4.98 Å². The van der Waals surface area contributed by atoms with Crippen molar-refractivity contribution in [3.05, 3.63) is 34.6 Å². The van der Waals surface area contributed by atoms with Crippen molar-refractivity contribution in [2.75, 3.05) is 5.75 Å². The fourth-order valence-electron chi connectivity index (χ4n) is 1.00. The van der Waals surface area contributed by atoms with E-state index in [0.717, 1.165) is 22.3 Å². The van der Waals surface area contributed by atoms with Gasteiger partial charge in [-0.2, -0.15) is 0 Å². The molecule has 0 N–H and O–H groups in total. The molecule has 15 heavy (non-hydrogen) atoms. The van der Waals surface area contributed by atoms with Gasteiger partial charge in [0.25, 0.3) is 0 Å². The average molecular weight is 286 g/mol. The molecule has 0 saturated carbocycles. The molecule has 0 spiro atoms. The molecule has 0 bridgehead atoms. The molecule has 0 aliphatic heterocycles. The second kappa shape index (κ2) is 6.80. The first kappa shape index (κ1) is 12.5. The van der Waals surface area contributed by atoms with Gasteiger partial charge >= 0.3 is 0 Å². The fraction of sp³-hybridized carbons (Fsp3) is 0.273. The summed E-state index contributed by atoms with van der Waals surface area (Å²) in [4.78, 5) is 14.8. The fourth-order valence-corrected chi connectivity index (χ4v) is 1.93. The maximum absolute atomic E-state index is 10.7. The summed E-state index contributed by atoms with van der Waals surface area (Å²) in [6, 6.07) is 3.89. The number of allylic oxidation sites excluding steroid dienone is 1. The molecule has 0 radical (unpaired) electrons. The highest BCUT2D eigenvalue weighted by Gasteiger charge is 1.94. The molecule has 1 aromatic heterocycles. The highest BCUT2D eigenvalue weighted by atomic mass is 79.9. The second-order valence-electron chi connectivity index (χ2n) is 2.91. The van der Waals surface area contributed by atoms with Gasteiger partial charge in [0.05, 0.1) is 0 Å². The third kappa shape index (κ3) is 5.14. The lowest BCUT2D eigenvalue weighted by Crippen LogP contribution is -1.84. The van der Waals surface area contributed by atoms with E-state index in [0.29, 0.717) is 0 Å². The summed E-state index contributed by atoms with van der Waals surface area (Å²) in [7, 11) is 0. The summed E-state index contributed by atoms with van der Waals surface area (Å²) >= 11 is 4.72. The Morgan fingerprint density at radius 1 is 1.67 bits per heavy atom. The van der Waals surface area contributed by atoms with Crippen LogP contribution in [0.4, 0.5) is 0 Å². The van der Waals surface area contributed by atoms with Gasteiger partial charge in [-0.25, -0.2) is 4.98 Å². The van der Waals surface area contributed by atoms with Gasteiger partial charge in [-0.05, 0) is 28.4 Å². The molecule has 0 aliphatic rings. The maximum Gasteiger partial charge on any atom is 0.185 e. The molecule has 0 amide bonds. The molecule has 1 heterocycles. The SMILES string of the molecule is CC(=O)SCCC=Cc1cccnc1Br. The van der Waals surface area contributed by atoms with Crippen LogP contribution in [0.25, 0.3) is 6.08 Å². The summed E-state index contributed by atoms with van der Waals surface area (Å²) in [5.41, 5.74) is 1.06. The first-order chi connectivity index (χ1) is 7.20. The Labute approximate surface area is 102 Å². The van der Waals surface area contributed by atoms with Gasteiger partial charge < -0.3 is 0 Å². The highest BCUT2D eigenvalue weighted by Crippen LogP contribution is 2.14. The van der Waals surface area contributed by atoms with Gasteiger partial charge in [-0.1, -0.05) is 30.0 Å². The van der Waals surface area contributed by atoms with Crippen LogP contribution in [-0.2, 0) is 4.79 Å². The van der Waals surface area contributed by atoms with Crippen LogP contribution in [0.1, 0.15) is 18.9 Å². The number of pyridine rings is 1. The van der Waals surface area contributed by atoms with Gasteiger partial charge in [0.15, 0.2) is 5.12 Å². The van der Waals surface area contributed by atoms with E-state index < -0.39 is 0 Å². The molecule has 0 aromatic carbocycles.